The largest absolute Gasteiger partial charge is 0.457 e. The highest BCUT2D eigenvalue weighted by Crippen LogP contribution is 2.37. The Kier molecular flexibility index (Phi) is 4.19. The Morgan fingerprint density at radius 2 is 1.93 bits per heavy atom. The second kappa shape index (κ2) is 6.78. The Hall–Kier alpha value is -3.50. The number of carbonyl (C=O) groups excluding carboxylic acids is 3. The molecule has 8 nitrogen and oxygen atoms in total. The van der Waals surface area contributed by atoms with Crippen molar-refractivity contribution in [2.24, 2.45) is 0 Å². The van der Waals surface area contributed by atoms with E-state index in [0.717, 1.165) is 17.5 Å². The van der Waals surface area contributed by atoms with E-state index < -0.39 is 11.8 Å². The molecule has 0 bridgehead atoms. The number of nitrogens with zero attached hydrogens (tertiary/aromatic N) is 2. The van der Waals surface area contributed by atoms with E-state index in [4.69, 9.17) is 9.83 Å². The van der Waals surface area contributed by atoms with E-state index in [1.165, 1.54) is 16.2 Å². The van der Waals surface area contributed by atoms with Crippen LogP contribution in [-0.2, 0) is 4.79 Å². The van der Waals surface area contributed by atoms with Crippen LogP contribution in [0.4, 0.5) is 5.13 Å². The van der Waals surface area contributed by atoms with Crippen LogP contribution in [0.2, 0.25) is 0 Å². The minimum absolute atomic E-state index is 0.0849. The number of aromatic nitrogens is 1. The SMILES string of the molecule is Cc1csc(N2C(=N)S/C(=C\c3ccc(-c4ccc5c(c4)C(=O)NC5=O)o3)C2=O)n1. The molecule has 5 rings (SSSR count). The summed E-state index contributed by atoms with van der Waals surface area (Å²) in [5.41, 5.74) is 2.07. The number of benzene rings is 1. The maximum atomic E-state index is 12.7. The number of furan rings is 1. The molecule has 0 unspecified atom stereocenters. The van der Waals surface area contributed by atoms with E-state index in [2.05, 4.69) is 10.3 Å². The summed E-state index contributed by atoms with van der Waals surface area (Å²) in [6.07, 6.45) is 1.58. The van der Waals surface area contributed by atoms with Crippen molar-refractivity contribution in [2.45, 2.75) is 6.92 Å². The fourth-order valence-electron chi connectivity index (χ4n) is 3.14. The summed E-state index contributed by atoms with van der Waals surface area (Å²) in [5.74, 6) is -0.244. The lowest BCUT2D eigenvalue weighted by Crippen LogP contribution is -2.27. The molecule has 0 saturated carbocycles. The molecule has 2 aliphatic rings. The summed E-state index contributed by atoms with van der Waals surface area (Å²) >= 11 is 2.35. The van der Waals surface area contributed by atoms with Gasteiger partial charge in [-0.2, -0.15) is 0 Å². The predicted octanol–water partition coefficient (Wildman–Crippen LogP) is 3.65. The standard InChI is InChI=1S/C20H12N4O4S2/c1-9-8-29-20(22-9)24-18(27)15(30-19(24)21)7-11-3-5-14(28-11)10-2-4-12-13(6-10)17(26)23-16(12)25/h2-8,21H,1H3,(H,23,25,26)/b15-7-,21-19?. The first-order valence-electron chi connectivity index (χ1n) is 8.75. The van der Waals surface area contributed by atoms with E-state index in [1.54, 1.807) is 36.4 Å². The fourth-order valence-corrected chi connectivity index (χ4v) is 4.83. The lowest BCUT2D eigenvalue weighted by Gasteiger charge is -2.09. The molecular formula is C20H12N4O4S2. The van der Waals surface area contributed by atoms with Gasteiger partial charge in [0.15, 0.2) is 10.3 Å². The molecule has 30 heavy (non-hydrogen) atoms. The summed E-state index contributed by atoms with van der Waals surface area (Å²) in [4.78, 5) is 42.2. The molecule has 3 aromatic rings. The summed E-state index contributed by atoms with van der Waals surface area (Å²) in [6.45, 7) is 1.83. The third-order valence-electron chi connectivity index (χ3n) is 4.54. The third kappa shape index (κ3) is 2.97. The van der Waals surface area contributed by atoms with Crippen molar-refractivity contribution >= 4 is 57.2 Å². The minimum atomic E-state index is -0.435. The van der Waals surface area contributed by atoms with Crippen LogP contribution in [0.3, 0.4) is 0 Å². The number of hydrogen-bond acceptors (Lipinski definition) is 8. The molecule has 0 aliphatic carbocycles. The number of imide groups is 1. The first-order chi connectivity index (χ1) is 14.4. The smallest absolute Gasteiger partial charge is 0.273 e. The van der Waals surface area contributed by atoms with E-state index in [1.807, 2.05) is 12.3 Å². The van der Waals surface area contributed by atoms with Crippen molar-refractivity contribution in [2.75, 3.05) is 4.90 Å². The van der Waals surface area contributed by atoms with Gasteiger partial charge in [-0.1, -0.05) is 6.07 Å². The van der Waals surface area contributed by atoms with Gasteiger partial charge in [0, 0.05) is 17.0 Å². The number of aryl methyl sites for hydroxylation is 1. The molecule has 0 radical (unpaired) electrons. The second-order valence-electron chi connectivity index (χ2n) is 6.57. The zero-order chi connectivity index (χ0) is 21.0. The highest BCUT2D eigenvalue weighted by molar-refractivity contribution is 8.19. The van der Waals surface area contributed by atoms with Crippen molar-refractivity contribution in [1.82, 2.24) is 10.3 Å². The lowest BCUT2D eigenvalue weighted by molar-refractivity contribution is -0.113. The van der Waals surface area contributed by atoms with Crippen molar-refractivity contribution < 1.29 is 18.8 Å². The first-order valence-corrected chi connectivity index (χ1v) is 10.4. The number of thioether (sulfide) groups is 1. The molecule has 0 atom stereocenters. The summed E-state index contributed by atoms with van der Waals surface area (Å²) in [5, 5.41) is 12.8. The molecule has 1 aromatic carbocycles. The lowest BCUT2D eigenvalue weighted by atomic mass is 10.0. The molecule has 2 aromatic heterocycles. The molecule has 2 aliphatic heterocycles. The quantitative estimate of drug-likeness (QED) is 0.478. The van der Waals surface area contributed by atoms with Gasteiger partial charge in [-0.25, -0.2) is 9.88 Å². The Morgan fingerprint density at radius 1 is 1.13 bits per heavy atom. The van der Waals surface area contributed by atoms with Gasteiger partial charge in [-0.15, -0.1) is 11.3 Å². The van der Waals surface area contributed by atoms with E-state index >= 15 is 0 Å². The molecule has 1 saturated heterocycles. The number of fused-ring (bicyclic) bond motifs is 1. The van der Waals surface area contributed by atoms with Crippen LogP contribution < -0.4 is 10.2 Å². The maximum absolute atomic E-state index is 12.7. The Bertz CT molecular complexity index is 1300. The average Bonchev–Trinajstić information content (AvgIpc) is 3.46. The van der Waals surface area contributed by atoms with Gasteiger partial charge in [0.25, 0.3) is 17.7 Å². The Balaban J connectivity index is 1.43. The molecule has 10 heteroatoms. The van der Waals surface area contributed by atoms with E-state index in [-0.39, 0.29) is 11.1 Å². The third-order valence-corrected chi connectivity index (χ3v) is 6.37. The van der Waals surface area contributed by atoms with Crippen LogP contribution in [0.5, 0.6) is 0 Å². The number of amidine groups is 1. The Labute approximate surface area is 178 Å². The van der Waals surface area contributed by atoms with Crippen LogP contribution in [0.25, 0.3) is 17.4 Å². The van der Waals surface area contributed by atoms with Gasteiger partial charge in [0.05, 0.1) is 21.7 Å². The van der Waals surface area contributed by atoms with Crippen LogP contribution in [0.1, 0.15) is 32.2 Å². The monoisotopic (exact) mass is 436 g/mol. The number of thiazole rings is 1. The van der Waals surface area contributed by atoms with Gasteiger partial charge in [0.1, 0.15) is 11.5 Å². The van der Waals surface area contributed by atoms with Gasteiger partial charge in [0.2, 0.25) is 0 Å². The number of amides is 3. The van der Waals surface area contributed by atoms with Gasteiger partial charge >= 0.3 is 0 Å². The van der Waals surface area contributed by atoms with Crippen molar-refractivity contribution in [1.29, 1.82) is 5.41 Å². The first kappa shape index (κ1) is 18.5. The number of carbonyl (C=O) groups is 3. The maximum Gasteiger partial charge on any atom is 0.273 e. The molecule has 0 spiro atoms. The zero-order valence-corrected chi connectivity index (χ0v) is 17.0. The van der Waals surface area contributed by atoms with Crippen molar-refractivity contribution in [3.05, 3.63) is 63.2 Å². The van der Waals surface area contributed by atoms with Crippen LogP contribution in [-0.4, -0.2) is 27.9 Å². The molecule has 4 heterocycles. The van der Waals surface area contributed by atoms with Gasteiger partial charge in [-0.05, 0) is 43.0 Å². The number of hydrogen-bond donors (Lipinski definition) is 2. The number of anilines is 1. The summed E-state index contributed by atoms with van der Waals surface area (Å²) < 4.78 is 5.82. The minimum Gasteiger partial charge on any atom is -0.457 e. The predicted molar refractivity (Wildman–Crippen MR) is 114 cm³/mol. The summed E-state index contributed by atoms with van der Waals surface area (Å²) in [6, 6.07) is 8.30. The molecular weight excluding hydrogens is 424 g/mol. The van der Waals surface area contributed by atoms with Crippen molar-refractivity contribution in [3.8, 4) is 11.3 Å². The van der Waals surface area contributed by atoms with Crippen LogP contribution >= 0.6 is 23.1 Å². The zero-order valence-electron chi connectivity index (χ0n) is 15.4. The van der Waals surface area contributed by atoms with Crippen LogP contribution in [0.15, 0.2) is 45.0 Å². The van der Waals surface area contributed by atoms with Crippen molar-refractivity contribution in [3.63, 3.8) is 0 Å². The molecule has 148 valence electrons. The second-order valence-corrected chi connectivity index (χ2v) is 8.44. The molecule has 2 N–H and O–H groups in total. The number of nitrogens with one attached hydrogen (secondary N) is 2. The summed E-state index contributed by atoms with van der Waals surface area (Å²) in [7, 11) is 0. The van der Waals surface area contributed by atoms with Gasteiger partial charge in [-0.3, -0.25) is 25.1 Å². The van der Waals surface area contributed by atoms with E-state index in [0.29, 0.717) is 38.2 Å². The van der Waals surface area contributed by atoms with Crippen LogP contribution in [0, 0.1) is 12.3 Å². The highest BCUT2D eigenvalue weighted by atomic mass is 32.2. The number of rotatable bonds is 3. The highest BCUT2D eigenvalue weighted by Gasteiger charge is 2.35. The van der Waals surface area contributed by atoms with Gasteiger partial charge < -0.3 is 4.42 Å². The fraction of sp³-hybridized carbons (Fsp3) is 0.0500. The normalized spacial score (nSPS) is 17.2. The molecule has 3 amide bonds. The Morgan fingerprint density at radius 3 is 2.70 bits per heavy atom. The molecule has 1 fully saturated rings. The van der Waals surface area contributed by atoms with E-state index in [9.17, 15) is 14.4 Å². The topological polar surface area (TPSA) is 116 Å². The average molecular weight is 436 g/mol.